The summed E-state index contributed by atoms with van der Waals surface area (Å²) in [6.45, 7) is 6.93. The smallest absolute Gasteiger partial charge is 0.0622 e. The molecule has 0 nitrogen and oxygen atoms in total. The van der Waals surface area contributed by atoms with Crippen LogP contribution in [0.3, 0.4) is 0 Å². The van der Waals surface area contributed by atoms with Gasteiger partial charge >= 0.3 is 0 Å². The monoisotopic (exact) mass is 898 g/mol. The fourth-order valence-electron chi connectivity index (χ4n) is 13.8. The van der Waals surface area contributed by atoms with Crippen molar-refractivity contribution < 1.29 is 0 Å². The molecule has 14 aromatic carbocycles. The molecule has 0 bridgehead atoms. The second-order valence-corrected chi connectivity index (χ2v) is 21.5. The van der Waals surface area contributed by atoms with Gasteiger partial charge in [-0.05, 0) is 182 Å². The minimum Gasteiger partial charge on any atom is -0.0622 e. The number of hydrogen-bond donors (Lipinski definition) is 0. The van der Waals surface area contributed by atoms with Crippen molar-refractivity contribution in [2.75, 3.05) is 0 Å². The molecule has 0 atom stereocenters. The third-order valence-electron chi connectivity index (χ3n) is 16.9. The van der Waals surface area contributed by atoms with E-state index in [1.54, 1.807) is 0 Å². The normalized spacial score (nSPS) is 13.7. The van der Waals surface area contributed by atoms with Crippen LogP contribution in [0.2, 0.25) is 0 Å². The summed E-state index contributed by atoms with van der Waals surface area (Å²) in [4.78, 5) is 0. The Morgan fingerprint density at radius 3 is 1.38 bits per heavy atom. The quantitative estimate of drug-likeness (QED) is 0.155. The van der Waals surface area contributed by atoms with Gasteiger partial charge in [0.2, 0.25) is 0 Å². The fourth-order valence-corrected chi connectivity index (χ4v) is 13.8. The van der Waals surface area contributed by atoms with Gasteiger partial charge in [0.1, 0.15) is 0 Å². The zero-order valence-corrected chi connectivity index (χ0v) is 39.9. The van der Waals surface area contributed by atoms with Gasteiger partial charge in [0.15, 0.2) is 0 Å². The lowest BCUT2D eigenvalue weighted by atomic mass is 9.70. The van der Waals surface area contributed by atoms with E-state index in [-0.39, 0.29) is 5.41 Å². The summed E-state index contributed by atoms with van der Waals surface area (Å²) in [6.07, 6.45) is 0. The zero-order chi connectivity index (χ0) is 46.9. The molecule has 16 rings (SSSR count). The molecule has 71 heavy (non-hydrogen) atoms. The molecule has 0 unspecified atom stereocenters. The van der Waals surface area contributed by atoms with Crippen LogP contribution in [0.15, 0.2) is 224 Å². The maximum Gasteiger partial charge on any atom is 0.0725 e. The Bertz CT molecular complexity index is 4480. The average molecular weight is 899 g/mol. The standard InChI is InChI=1S/C71H46/c1-70(2,3)50-38-47-22-20-45-36-49(37-46-21-23-48(39-50)66(47)65(45)46)51-16-11-17-57-54(51)34-35-63-69(57)60-33-28-44(40-64(60)71(63)61-18-9-7-14-55(61)56-15-8-10-19-62(56)71)53-30-25-43-26-31-58-52(41-12-5-4-6-13-41)29-24-42-27-32-59(53)68(43)67(42)58/h4-40H,1-3H3. The summed E-state index contributed by atoms with van der Waals surface area (Å²) in [6, 6.07) is 86.3. The van der Waals surface area contributed by atoms with Gasteiger partial charge in [-0.3, -0.25) is 0 Å². The van der Waals surface area contributed by atoms with Crippen molar-refractivity contribution in [3.8, 4) is 55.6 Å². The summed E-state index contributed by atoms with van der Waals surface area (Å²) >= 11 is 0. The van der Waals surface area contributed by atoms with Crippen LogP contribution in [-0.4, -0.2) is 0 Å². The van der Waals surface area contributed by atoms with Crippen molar-refractivity contribution in [2.45, 2.75) is 31.6 Å². The highest BCUT2D eigenvalue weighted by atomic mass is 14.5. The molecule has 0 radical (unpaired) electrons. The minimum atomic E-state index is -0.490. The van der Waals surface area contributed by atoms with Gasteiger partial charge < -0.3 is 0 Å². The van der Waals surface area contributed by atoms with Crippen LogP contribution in [0.1, 0.15) is 48.6 Å². The number of rotatable bonds is 3. The third-order valence-corrected chi connectivity index (χ3v) is 16.9. The topological polar surface area (TPSA) is 0 Å². The summed E-state index contributed by atoms with van der Waals surface area (Å²) in [5, 5.41) is 18.3. The summed E-state index contributed by atoms with van der Waals surface area (Å²) in [5.41, 5.74) is 19.3. The van der Waals surface area contributed by atoms with Crippen LogP contribution in [0.5, 0.6) is 0 Å². The lowest BCUT2D eigenvalue weighted by molar-refractivity contribution is 0.591. The van der Waals surface area contributed by atoms with Crippen molar-refractivity contribution in [1.82, 2.24) is 0 Å². The van der Waals surface area contributed by atoms with E-state index in [0.717, 1.165) is 0 Å². The van der Waals surface area contributed by atoms with Crippen LogP contribution < -0.4 is 0 Å². The molecule has 1 spiro atoms. The molecule has 0 fully saturated rings. The van der Waals surface area contributed by atoms with E-state index in [9.17, 15) is 0 Å². The Labute approximate surface area is 412 Å². The molecule has 0 N–H and O–H groups in total. The third kappa shape index (κ3) is 5.14. The maximum atomic E-state index is 2.56. The van der Waals surface area contributed by atoms with Crippen LogP contribution in [0.4, 0.5) is 0 Å². The van der Waals surface area contributed by atoms with Gasteiger partial charge in [-0.25, -0.2) is 0 Å². The number of fused-ring (bicyclic) bond motifs is 12. The predicted octanol–water partition coefficient (Wildman–Crippen LogP) is 19.3. The number of hydrogen-bond acceptors (Lipinski definition) is 0. The van der Waals surface area contributed by atoms with E-state index >= 15 is 0 Å². The predicted molar refractivity (Wildman–Crippen MR) is 303 cm³/mol. The van der Waals surface area contributed by atoms with Crippen LogP contribution in [0.25, 0.3) is 131 Å². The molecule has 0 aromatic heterocycles. The van der Waals surface area contributed by atoms with Crippen LogP contribution in [0, 0.1) is 0 Å². The van der Waals surface area contributed by atoms with Crippen molar-refractivity contribution >= 4 is 75.4 Å². The maximum absolute atomic E-state index is 2.56. The van der Waals surface area contributed by atoms with Gasteiger partial charge in [-0.2, -0.15) is 0 Å². The largest absolute Gasteiger partial charge is 0.0725 e. The molecule has 0 heterocycles. The molecule has 0 saturated heterocycles. The van der Waals surface area contributed by atoms with Gasteiger partial charge in [-0.1, -0.05) is 227 Å². The Morgan fingerprint density at radius 1 is 0.268 bits per heavy atom. The van der Waals surface area contributed by atoms with Gasteiger partial charge in [0.05, 0.1) is 5.41 Å². The van der Waals surface area contributed by atoms with E-state index < -0.39 is 5.41 Å². The summed E-state index contributed by atoms with van der Waals surface area (Å²) in [5.74, 6) is 0. The van der Waals surface area contributed by atoms with Crippen molar-refractivity contribution in [3.63, 3.8) is 0 Å². The molecule has 330 valence electrons. The molecule has 0 aliphatic heterocycles. The first-order chi connectivity index (χ1) is 34.8. The van der Waals surface area contributed by atoms with E-state index in [4.69, 9.17) is 0 Å². The fraction of sp³-hybridized carbons (Fsp3) is 0.0704. The Balaban J connectivity index is 0.930. The van der Waals surface area contributed by atoms with Crippen LogP contribution >= 0.6 is 0 Å². The van der Waals surface area contributed by atoms with Crippen molar-refractivity contribution in [1.29, 1.82) is 0 Å². The Morgan fingerprint density at radius 2 is 0.761 bits per heavy atom. The highest BCUT2D eigenvalue weighted by Gasteiger charge is 2.52. The van der Waals surface area contributed by atoms with E-state index in [2.05, 4.69) is 245 Å². The van der Waals surface area contributed by atoms with Gasteiger partial charge in [0.25, 0.3) is 0 Å². The second kappa shape index (κ2) is 13.8. The van der Waals surface area contributed by atoms with Crippen LogP contribution in [-0.2, 0) is 10.8 Å². The number of benzene rings is 14. The molecule has 14 aromatic rings. The zero-order valence-electron chi connectivity index (χ0n) is 39.9. The molecule has 2 aliphatic carbocycles. The first kappa shape index (κ1) is 39.3. The van der Waals surface area contributed by atoms with Gasteiger partial charge in [0, 0.05) is 0 Å². The average Bonchev–Trinajstić information content (AvgIpc) is 3.89. The van der Waals surface area contributed by atoms with Crippen molar-refractivity contribution in [3.05, 3.63) is 252 Å². The second-order valence-electron chi connectivity index (χ2n) is 21.5. The molecular formula is C71H46. The van der Waals surface area contributed by atoms with E-state index in [1.165, 1.54) is 159 Å². The molecular weight excluding hydrogens is 853 g/mol. The molecule has 0 amide bonds. The lowest BCUT2D eigenvalue weighted by Gasteiger charge is -2.31. The summed E-state index contributed by atoms with van der Waals surface area (Å²) < 4.78 is 0. The van der Waals surface area contributed by atoms with Crippen molar-refractivity contribution in [2.24, 2.45) is 0 Å². The highest BCUT2D eigenvalue weighted by molar-refractivity contribution is 6.28. The summed E-state index contributed by atoms with van der Waals surface area (Å²) in [7, 11) is 0. The van der Waals surface area contributed by atoms with Gasteiger partial charge in [-0.15, -0.1) is 0 Å². The SMILES string of the molecule is CC(C)(C)c1cc2ccc3cc(-c4cccc5c6c(ccc45)C4(c5ccccc5-c5ccccc54)c4cc(-c5ccc7ccc8c(-c9ccccc9)ccc9ccc5c7c98)ccc4-6)cc4ccc(c1)c2c34. The van der Waals surface area contributed by atoms with E-state index in [0.29, 0.717) is 0 Å². The first-order valence-corrected chi connectivity index (χ1v) is 25.2. The highest BCUT2D eigenvalue weighted by Crippen LogP contribution is 2.64. The van der Waals surface area contributed by atoms with E-state index in [1.807, 2.05) is 0 Å². The molecule has 0 heteroatoms. The molecule has 2 aliphatic rings. The molecule has 0 saturated carbocycles. The minimum absolute atomic E-state index is 0.0817. The Kier molecular flexibility index (Phi) is 7.64. The lowest BCUT2D eigenvalue weighted by Crippen LogP contribution is -2.25. The first-order valence-electron chi connectivity index (χ1n) is 25.2. The Hall–Kier alpha value is -8.58.